The van der Waals surface area contributed by atoms with E-state index in [1.807, 2.05) is 37.4 Å². The highest BCUT2D eigenvalue weighted by Gasteiger charge is 2.25. The Morgan fingerprint density at radius 1 is 1.43 bits per heavy atom. The first kappa shape index (κ1) is 14.1. The maximum absolute atomic E-state index is 11.9. The maximum Gasteiger partial charge on any atom is 0.242 e. The lowest BCUT2D eigenvalue weighted by Gasteiger charge is -2.13. The van der Waals surface area contributed by atoms with Crippen LogP contribution in [0.15, 0.2) is 41.1 Å². The second-order valence-electron chi connectivity index (χ2n) is 5.27. The van der Waals surface area contributed by atoms with Gasteiger partial charge in [-0.25, -0.2) is 4.68 Å². The molecule has 3 rings (SSSR count). The van der Waals surface area contributed by atoms with Gasteiger partial charge in [-0.3, -0.25) is 4.79 Å². The molecule has 1 atom stereocenters. The zero-order valence-electron chi connectivity index (χ0n) is 11.7. The Hall–Kier alpha value is -1.82. The number of carbonyl (C=O) groups excluding carboxylic acids is 1. The van der Waals surface area contributed by atoms with Crippen molar-refractivity contribution in [3.05, 3.63) is 41.1 Å². The number of rotatable bonds is 5. The molecule has 21 heavy (non-hydrogen) atoms. The van der Waals surface area contributed by atoms with Crippen molar-refractivity contribution in [1.82, 2.24) is 15.1 Å². The summed E-state index contributed by atoms with van der Waals surface area (Å²) in [5.41, 5.74) is 1.78. The van der Waals surface area contributed by atoms with E-state index in [2.05, 4.69) is 31.7 Å². The summed E-state index contributed by atoms with van der Waals surface area (Å²) in [6.45, 7) is 1.85. The van der Waals surface area contributed by atoms with Crippen molar-refractivity contribution in [3.8, 4) is 5.69 Å². The number of benzene rings is 1. The quantitative estimate of drug-likeness (QED) is 0.873. The third-order valence-electron chi connectivity index (χ3n) is 3.38. The lowest BCUT2D eigenvalue weighted by molar-refractivity contribution is -0.121. The number of hydrogen-bond acceptors (Lipinski definition) is 3. The summed E-state index contributed by atoms with van der Waals surface area (Å²) in [6, 6.07) is 7.97. The molecule has 110 valence electrons. The van der Waals surface area contributed by atoms with Crippen molar-refractivity contribution < 1.29 is 4.79 Å². The highest BCUT2D eigenvalue weighted by atomic mass is 79.9. The maximum atomic E-state index is 11.9. The molecular formula is C15H17BrN4O. The van der Waals surface area contributed by atoms with Gasteiger partial charge in [0.2, 0.25) is 5.91 Å². The van der Waals surface area contributed by atoms with Crippen molar-refractivity contribution in [3.63, 3.8) is 0 Å². The van der Waals surface area contributed by atoms with E-state index in [4.69, 9.17) is 0 Å². The molecule has 5 nitrogen and oxygen atoms in total. The van der Waals surface area contributed by atoms with Crippen LogP contribution in [0.2, 0.25) is 0 Å². The molecule has 0 bridgehead atoms. The second kappa shape index (κ2) is 5.89. The lowest BCUT2D eigenvalue weighted by Crippen LogP contribution is -2.38. The molecule has 1 aliphatic carbocycles. The molecule has 1 aromatic heterocycles. The van der Waals surface area contributed by atoms with Crippen LogP contribution in [0.25, 0.3) is 5.69 Å². The minimum Gasteiger partial charge on any atom is -0.371 e. The summed E-state index contributed by atoms with van der Waals surface area (Å²) in [5, 5.41) is 10.5. The van der Waals surface area contributed by atoms with Gasteiger partial charge in [0.25, 0.3) is 0 Å². The van der Waals surface area contributed by atoms with Crippen LogP contribution in [0.3, 0.4) is 0 Å². The Labute approximate surface area is 131 Å². The molecule has 0 radical (unpaired) electrons. The number of hydrogen-bond donors (Lipinski definition) is 2. The van der Waals surface area contributed by atoms with Gasteiger partial charge >= 0.3 is 0 Å². The molecule has 0 spiro atoms. The largest absolute Gasteiger partial charge is 0.371 e. The molecule has 0 saturated heterocycles. The van der Waals surface area contributed by atoms with E-state index >= 15 is 0 Å². The van der Waals surface area contributed by atoms with Crippen LogP contribution in [0.5, 0.6) is 0 Å². The molecule has 1 saturated carbocycles. The van der Waals surface area contributed by atoms with E-state index in [0.29, 0.717) is 6.04 Å². The number of para-hydroxylation sites is 1. The van der Waals surface area contributed by atoms with E-state index in [-0.39, 0.29) is 11.9 Å². The first-order valence-electron chi connectivity index (χ1n) is 7.00. The van der Waals surface area contributed by atoms with Gasteiger partial charge < -0.3 is 10.6 Å². The summed E-state index contributed by atoms with van der Waals surface area (Å²) in [4.78, 5) is 11.9. The van der Waals surface area contributed by atoms with E-state index < -0.39 is 0 Å². The van der Waals surface area contributed by atoms with Gasteiger partial charge in [0.05, 0.1) is 23.8 Å². The van der Waals surface area contributed by atoms with Gasteiger partial charge in [0.1, 0.15) is 6.04 Å². The number of nitrogens with one attached hydrogen (secondary N) is 2. The van der Waals surface area contributed by atoms with Crippen molar-refractivity contribution in [1.29, 1.82) is 0 Å². The van der Waals surface area contributed by atoms with Gasteiger partial charge in [-0.2, -0.15) is 5.10 Å². The Kier molecular flexibility index (Phi) is 3.96. The minimum atomic E-state index is -0.275. The zero-order chi connectivity index (χ0) is 14.8. The number of amides is 1. The molecule has 2 N–H and O–H groups in total. The Morgan fingerprint density at radius 3 is 2.90 bits per heavy atom. The fourth-order valence-corrected chi connectivity index (χ4v) is 2.50. The summed E-state index contributed by atoms with van der Waals surface area (Å²) in [6.07, 6.45) is 5.79. The highest BCUT2D eigenvalue weighted by molar-refractivity contribution is 9.10. The van der Waals surface area contributed by atoms with E-state index in [1.54, 1.807) is 10.9 Å². The predicted molar refractivity (Wildman–Crippen MR) is 85.5 cm³/mol. The molecule has 6 heteroatoms. The molecule has 0 aliphatic heterocycles. The summed E-state index contributed by atoms with van der Waals surface area (Å²) in [5.74, 6) is 0.0335. The number of halogens is 1. The molecule has 2 aromatic rings. The lowest BCUT2D eigenvalue weighted by atomic mass is 10.3. The highest BCUT2D eigenvalue weighted by Crippen LogP contribution is 2.22. The summed E-state index contributed by atoms with van der Waals surface area (Å²) in [7, 11) is 0. The van der Waals surface area contributed by atoms with Crippen molar-refractivity contribution >= 4 is 27.5 Å². The monoisotopic (exact) mass is 348 g/mol. The Balaban J connectivity index is 1.67. The van der Waals surface area contributed by atoms with Crippen LogP contribution in [0, 0.1) is 0 Å². The third kappa shape index (κ3) is 3.44. The normalized spacial score (nSPS) is 15.5. The fraction of sp³-hybridized carbons (Fsp3) is 0.333. The van der Waals surface area contributed by atoms with Gasteiger partial charge in [-0.05, 0) is 47.8 Å². The van der Waals surface area contributed by atoms with Crippen LogP contribution in [0.1, 0.15) is 19.8 Å². The van der Waals surface area contributed by atoms with Crippen molar-refractivity contribution in [2.24, 2.45) is 0 Å². The predicted octanol–water partition coefficient (Wildman–Crippen LogP) is 2.71. The molecular weight excluding hydrogens is 332 g/mol. The topological polar surface area (TPSA) is 59.0 Å². The fourth-order valence-electron chi connectivity index (χ4n) is 2.04. The van der Waals surface area contributed by atoms with Gasteiger partial charge in [0.15, 0.2) is 0 Å². The zero-order valence-corrected chi connectivity index (χ0v) is 13.3. The van der Waals surface area contributed by atoms with Crippen LogP contribution < -0.4 is 10.6 Å². The molecule has 1 aliphatic rings. The van der Waals surface area contributed by atoms with Crippen LogP contribution >= 0.6 is 15.9 Å². The molecule has 1 aromatic carbocycles. The van der Waals surface area contributed by atoms with Crippen molar-refractivity contribution in [2.75, 3.05) is 5.32 Å². The average molecular weight is 349 g/mol. The number of nitrogens with zero attached hydrogens (tertiary/aromatic N) is 2. The second-order valence-corrected chi connectivity index (χ2v) is 6.13. The van der Waals surface area contributed by atoms with Gasteiger partial charge in [-0.15, -0.1) is 0 Å². The van der Waals surface area contributed by atoms with E-state index in [0.717, 1.165) is 28.7 Å². The molecule has 0 unspecified atom stereocenters. The average Bonchev–Trinajstić information content (AvgIpc) is 3.16. The van der Waals surface area contributed by atoms with Crippen molar-refractivity contribution in [2.45, 2.75) is 31.8 Å². The summed E-state index contributed by atoms with van der Waals surface area (Å²) < 4.78 is 2.75. The number of aromatic nitrogens is 2. The van der Waals surface area contributed by atoms with Crippen LogP contribution in [0.4, 0.5) is 5.69 Å². The number of carbonyl (C=O) groups is 1. The molecule has 1 heterocycles. The first-order valence-corrected chi connectivity index (χ1v) is 7.79. The standard InChI is InChI=1S/C15H17BrN4O/c1-10(15(21)19-11-6-7-11)18-12-8-17-20(9-12)14-5-3-2-4-13(14)16/h2-5,8-11,18H,6-7H2,1H3,(H,19,21)/t10-/m1/s1. The van der Waals surface area contributed by atoms with E-state index in [9.17, 15) is 4.79 Å². The SMILES string of the molecule is C[C@@H](Nc1cnn(-c2ccccc2Br)c1)C(=O)NC1CC1. The Morgan fingerprint density at radius 2 is 2.19 bits per heavy atom. The van der Waals surface area contributed by atoms with Gasteiger partial charge in [0, 0.05) is 10.5 Å². The minimum absolute atomic E-state index is 0.0335. The first-order chi connectivity index (χ1) is 10.1. The van der Waals surface area contributed by atoms with E-state index in [1.165, 1.54) is 0 Å². The van der Waals surface area contributed by atoms with Crippen LogP contribution in [-0.2, 0) is 4.79 Å². The smallest absolute Gasteiger partial charge is 0.242 e. The number of anilines is 1. The third-order valence-corrected chi connectivity index (χ3v) is 4.05. The van der Waals surface area contributed by atoms with Crippen LogP contribution in [-0.4, -0.2) is 27.8 Å². The summed E-state index contributed by atoms with van der Waals surface area (Å²) >= 11 is 3.51. The Bertz CT molecular complexity index is 651. The van der Waals surface area contributed by atoms with Gasteiger partial charge in [-0.1, -0.05) is 12.1 Å². The molecule has 1 fully saturated rings. The molecule has 1 amide bonds.